The Labute approximate surface area is 197 Å². The van der Waals surface area contributed by atoms with Crippen molar-refractivity contribution in [2.45, 2.75) is 137 Å². The van der Waals surface area contributed by atoms with E-state index in [9.17, 15) is 0 Å². The highest BCUT2D eigenvalue weighted by atomic mass is 14.6. The zero-order chi connectivity index (χ0) is 22.6. The van der Waals surface area contributed by atoms with Crippen molar-refractivity contribution >= 4 is 0 Å². The maximum absolute atomic E-state index is 6.21. The first-order valence-electron chi connectivity index (χ1n) is 14.8. The van der Waals surface area contributed by atoms with E-state index in [0.717, 1.165) is 53.9 Å². The van der Waals surface area contributed by atoms with E-state index in [0.29, 0.717) is 0 Å². The standard InChI is InChI=1S/C30H59N/c1-6-11-29(22-31)27(9-4)21-30-20-24(16-19-26(30)8-3)12-10-13-25(7-2)28-17-14-23(5)15-18-28/h23-30H,6-22,31H2,1-5H3. The maximum atomic E-state index is 6.21. The van der Waals surface area contributed by atoms with Gasteiger partial charge in [-0.3, -0.25) is 0 Å². The Morgan fingerprint density at radius 1 is 0.806 bits per heavy atom. The largest absolute Gasteiger partial charge is 0.330 e. The minimum atomic E-state index is 0.761. The van der Waals surface area contributed by atoms with Crippen molar-refractivity contribution in [3.05, 3.63) is 0 Å². The fraction of sp³-hybridized carbons (Fsp3) is 1.00. The molecule has 2 N–H and O–H groups in total. The summed E-state index contributed by atoms with van der Waals surface area (Å²) in [6.45, 7) is 13.0. The lowest BCUT2D eigenvalue weighted by Gasteiger charge is -2.39. The molecule has 0 saturated heterocycles. The second-order valence-electron chi connectivity index (χ2n) is 11.9. The van der Waals surface area contributed by atoms with Crippen LogP contribution in [0.5, 0.6) is 0 Å². The van der Waals surface area contributed by atoms with Crippen molar-refractivity contribution in [2.75, 3.05) is 6.54 Å². The first-order chi connectivity index (χ1) is 15.1. The van der Waals surface area contributed by atoms with Crippen LogP contribution in [-0.4, -0.2) is 6.54 Å². The highest BCUT2D eigenvalue weighted by molar-refractivity contribution is 4.84. The van der Waals surface area contributed by atoms with E-state index >= 15 is 0 Å². The second kappa shape index (κ2) is 15.0. The maximum Gasteiger partial charge on any atom is -0.00462 e. The Morgan fingerprint density at radius 3 is 2.13 bits per heavy atom. The summed E-state index contributed by atoms with van der Waals surface area (Å²) in [6, 6.07) is 0. The van der Waals surface area contributed by atoms with E-state index in [1.54, 1.807) is 0 Å². The van der Waals surface area contributed by atoms with E-state index < -0.39 is 0 Å². The molecule has 0 amide bonds. The Morgan fingerprint density at radius 2 is 1.55 bits per heavy atom. The van der Waals surface area contributed by atoms with E-state index in [1.165, 1.54) is 103 Å². The summed E-state index contributed by atoms with van der Waals surface area (Å²) in [7, 11) is 0. The topological polar surface area (TPSA) is 26.0 Å². The van der Waals surface area contributed by atoms with Crippen molar-refractivity contribution in [1.29, 1.82) is 0 Å². The van der Waals surface area contributed by atoms with Gasteiger partial charge in [-0.15, -0.1) is 0 Å². The number of hydrogen-bond donors (Lipinski definition) is 1. The third kappa shape index (κ3) is 8.68. The van der Waals surface area contributed by atoms with E-state index in [1.807, 2.05) is 0 Å². The van der Waals surface area contributed by atoms with Gasteiger partial charge in [0.05, 0.1) is 0 Å². The van der Waals surface area contributed by atoms with Gasteiger partial charge in [-0.2, -0.15) is 0 Å². The van der Waals surface area contributed by atoms with E-state index in [-0.39, 0.29) is 0 Å². The van der Waals surface area contributed by atoms with Crippen LogP contribution in [0.15, 0.2) is 0 Å². The summed E-state index contributed by atoms with van der Waals surface area (Å²) in [5.74, 6) is 7.64. The summed E-state index contributed by atoms with van der Waals surface area (Å²) in [5.41, 5.74) is 6.21. The molecule has 2 fully saturated rings. The van der Waals surface area contributed by atoms with Crippen LogP contribution in [0.4, 0.5) is 0 Å². The van der Waals surface area contributed by atoms with Crippen molar-refractivity contribution in [2.24, 2.45) is 53.1 Å². The molecule has 1 nitrogen and oxygen atoms in total. The molecule has 6 unspecified atom stereocenters. The summed E-state index contributed by atoms with van der Waals surface area (Å²) in [4.78, 5) is 0. The Bertz CT molecular complexity index is 438. The third-order valence-electron chi connectivity index (χ3n) is 9.97. The molecule has 0 bridgehead atoms. The van der Waals surface area contributed by atoms with Crippen molar-refractivity contribution in [1.82, 2.24) is 0 Å². The first-order valence-corrected chi connectivity index (χ1v) is 14.8. The molecular formula is C30H59N. The van der Waals surface area contributed by atoms with Gasteiger partial charge in [0.15, 0.2) is 0 Å². The molecule has 0 aromatic heterocycles. The molecule has 1 heteroatoms. The van der Waals surface area contributed by atoms with Crippen molar-refractivity contribution in [3.63, 3.8) is 0 Å². The van der Waals surface area contributed by atoms with Crippen LogP contribution < -0.4 is 5.73 Å². The van der Waals surface area contributed by atoms with Gasteiger partial charge < -0.3 is 5.73 Å². The average Bonchev–Trinajstić information content (AvgIpc) is 2.80. The summed E-state index contributed by atoms with van der Waals surface area (Å²) in [6.07, 6.45) is 23.3. The fourth-order valence-corrected chi connectivity index (χ4v) is 7.71. The molecule has 2 saturated carbocycles. The molecule has 0 aliphatic heterocycles. The molecule has 31 heavy (non-hydrogen) atoms. The van der Waals surface area contributed by atoms with Gasteiger partial charge in [-0.1, -0.05) is 98.8 Å². The Balaban J connectivity index is 1.83. The van der Waals surface area contributed by atoms with Gasteiger partial charge >= 0.3 is 0 Å². The van der Waals surface area contributed by atoms with Gasteiger partial charge in [0.1, 0.15) is 0 Å². The first kappa shape index (κ1) is 27.2. The van der Waals surface area contributed by atoms with Crippen LogP contribution in [0.3, 0.4) is 0 Å². The lowest BCUT2D eigenvalue weighted by atomic mass is 9.66. The molecule has 0 aromatic rings. The van der Waals surface area contributed by atoms with E-state index in [2.05, 4.69) is 34.6 Å². The minimum Gasteiger partial charge on any atom is -0.330 e. The minimum absolute atomic E-state index is 0.761. The fourth-order valence-electron chi connectivity index (χ4n) is 7.71. The van der Waals surface area contributed by atoms with E-state index in [4.69, 9.17) is 5.73 Å². The summed E-state index contributed by atoms with van der Waals surface area (Å²) >= 11 is 0. The number of hydrogen-bond acceptors (Lipinski definition) is 1. The molecule has 0 heterocycles. The number of nitrogens with two attached hydrogens (primary N) is 1. The van der Waals surface area contributed by atoms with Gasteiger partial charge in [0, 0.05) is 0 Å². The zero-order valence-corrected chi connectivity index (χ0v) is 22.2. The highest BCUT2D eigenvalue weighted by Gasteiger charge is 2.32. The molecule has 2 aliphatic carbocycles. The third-order valence-corrected chi connectivity index (χ3v) is 9.97. The molecule has 2 aliphatic rings. The SMILES string of the molecule is CCCC(CN)C(CC)CC1CC(CCCC(CC)C2CCC(C)CC2)CCC1CC. The van der Waals surface area contributed by atoms with Crippen LogP contribution in [0, 0.1) is 47.3 Å². The Hall–Kier alpha value is -0.0400. The smallest absolute Gasteiger partial charge is 0.00462 e. The molecule has 0 radical (unpaired) electrons. The van der Waals surface area contributed by atoms with Crippen LogP contribution in [0.2, 0.25) is 0 Å². The normalized spacial score (nSPS) is 32.5. The van der Waals surface area contributed by atoms with Crippen LogP contribution in [-0.2, 0) is 0 Å². The molecular weight excluding hydrogens is 374 g/mol. The Kier molecular flexibility index (Phi) is 13.1. The van der Waals surface area contributed by atoms with Gasteiger partial charge in [0.25, 0.3) is 0 Å². The van der Waals surface area contributed by atoms with Crippen LogP contribution >= 0.6 is 0 Å². The van der Waals surface area contributed by atoms with Crippen LogP contribution in [0.1, 0.15) is 137 Å². The highest BCUT2D eigenvalue weighted by Crippen LogP contribution is 2.43. The number of rotatable bonds is 14. The quantitative estimate of drug-likeness (QED) is 0.290. The second-order valence-corrected chi connectivity index (χ2v) is 11.9. The molecule has 184 valence electrons. The monoisotopic (exact) mass is 433 g/mol. The summed E-state index contributed by atoms with van der Waals surface area (Å²) < 4.78 is 0. The summed E-state index contributed by atoms with van der Waals surface area (Å²) in [5, 5.41) is 0. The van der Waals surface area contributed by atoms with Crippen molar-refractivity contribution in [3.8, 4) is 0 Å². The van der Waals surface area contributed by atoms with Crippen molar-refractivity contribution < 1.29 is 0 Å². The average molecular weight is 434 g/mol. The van der Waals surface area contributed by atoms with Gasteiger partial charge in [-0.25, -0.2) is 0 Å². The molecule has 2 rings (SSSR count). The lowest BCUT2D eigenvalue weighted by Crippen LogP contribution is -2.31. The molecule has 6 atom stereocenters. The predicted octanol–water partition coefficient (Wildman–Crippen LogP) is 9.24. The lowest BCUT2D eigenvalue weighted by molar-refractivity contribution is 0.118. The van der Waals surface area contributed by atoms with Gasteiger partial charge in [0.2, 0.25) is 0 Å². The van der Waals surface area contributed by atoms with Gasteiger partial charge in [-0.05, 0) is 92.4 Å². The zero-order valence-electron chi connectivity index (χ0n) is 22.2. The van der Waals surface area contributed by atoms with Crippen LogP contribution in [0.25, 0.3) is 0 Å². The molecule has 0 spiro atoms. The predicted molar refractivity (Wildman–Crippen MR) is 139 cm³/mol. The molecule has 0 aromatic carbocycles.